The van der Waals surface area contributed by atoms with Crippen LogP contribution >= 0.6 is 0 Å². The molecule has 1 amide bonds. The highest BCUT2D eigenvalue weighted by atomic mass is 127. The average Bonchev–Trinajstić information content (AvgIpc) is 2.95. The fourth-order valence-corrected chi connectivity index (χ4v) is 4.70. The lowest BCUT2D eigenvalue weighted by molar-refractivity contribution is -0.693. The van der Waals surface area contributed by atoms with Gasteiger partial charge in [-0.25, -0.2) is 4.57 Å². The standard InChI is InChI=1S/C33H52N2O3.HI/c1-4-6-7-8-9-10-11-12-13-14-15-16-17-18-25-38-31-20-19-30(32(27-31)37-3)26-33(36)34-28-29-21-23-35(5-2)24-22-29;/h19-24,27H,4-18,25-26,28H2,1-3H3;1H. The summed E-state index contributed by atoms with van der Waals surface area (Å²) in [5.74, 6) is 1.48. The molecule has 0 unspecified atom stereocenters. The van der Waals surface area contributed by atoms with Crippen LogP contribution in [0.2, 0.25) is 0 Å². The molecule has 0 spiro atoms. The molecule has 1 aromatic carbocycles. The number of hydrogen-bond donors (Lipinski definition) is 1. The van der Waals surface area contributed by atoms with E-state index >= 15 is 0 Å². The van der Waals surface area contributed by atoms with Crippen LogP contribution in [0.1, 0.15) is 115 Å². The summed E-state index contributed by atoms with van der Waals surface area (Å²) in [5, 5.41) is 3.00. The van der Waals surface area contributed by atoms with Gasteiger partial charge < -0.3 is 38.8 Å². The molecule has 0 aliphatic heterocycles. The fraction of sp³-hybridized carbons (Fsp3) is 0.636. The number of pyridine rings is 1. The zero-order valence-electron chi connectivity index (χ0n) is 24.8. The lowest BCUT2D eigenvalue weighted by atomic mass is 10.0. The highest BCUT2D eigenvalue weighted by molar-refractivity contribution is 5.79. The molecule has 1 aromatic heterocycles. The second-order valence-corrected chi connectivity index (χ2v) is 10.4. The number of aromatic nitrogens is 1. The van der Waals surface area contributed by atoms with E-state index < -0.39 is 0 Å². The first-order valence-electron chi connectivity index (χ1n) is 15.2. The molecule has 2 aromatic rings. The molecule has 1 N–H and O–H groups in total. The minimum Gasteiger partial charge on any atom is -1.00 e. The van der Waals surface area contributed by atoms with Gasteiger partial charge in [-0.3, -0.25) is 4.79 Å². The Kier molecular flexibility index (Phi) is 20.7. The Balaban J connectivity index is 0.00000760. The van der Waals surface area contributed by atoms with Crippen molar-refractivity contribution in [1.29, 1.82) is 0 Å². The predicted molar refractivity (Wildman–Crippen MR) is 157 cm³/mol. The number of nitrogens with zero attached hydrogens (tertiary/aromatic N) is 1. The Hall–Kier alpha value is -1.83. The van der Waals surface area contributed by atoms with Crippen molar-refractivity contribution in [3.63, 3.8) is 0 Å². The molecule has 0 radical (unpaired) electrons. The van der Waals surface area contributed by atoms with Crippen molar-refractivity contribution in [3.8, 4) is 11.5 Å². The van der Waals surface area contributed by atoms with Gasteiger partial charge in [0.2, 0.25) is 5.91 Å². The number of carbonyl (C=O) groups is 1. The van der Waals surface area contributed by atoms with Crippen molar-refractivity contribution in [2.24, 2.45) is 0 Å². The van der Waals surface area contributed by atoms with Gasteiger partial charge in [0.15, 0.2) is 12.4 Å². The fourth-order valence-electron chi connectivity index (χ4n) is 4.70. The predicted octanol–water partition coefficient (Wildman–Crippen LogP) is 4.73. The molecule has 220 valence electrons. The number of hydrogen-bond acceptors (Lipinski definition) is 3. The van der Waals surface area contributed by atoms with Crippen LogP contribution < -0.4 is 43.3 Å². The molecule has 0 aliphatic rings. The molecule has 2 rings (SSSR count). The van der Waals surface area contributed by atoms with E-state index in [0.29, 0.717) is 12.3 Å². The molecular weight excluding hydrogens is 599 g/mol. The number of amides is 1. The summed E-state index contributed by atoms with van der Waals surface area (Å²) >= 11 is 0. The van der Waals surface area contributed by atoms with Crippen LogP contribution in [-0.2, 0) is 24.3 Å². The Morgan fingerprint density at radius 3 is 1.90 bits per heavy atom. The molecule has 39 heavy (non-hydrogen) atoms. The molecule has 0 fully saturated rings. The van der Waals surface area contributed by atoms with Crippen molar-refractivity contribution in [2.75, 3.05) is 13.7 Å². The van der Waals surface area contributed by atoms with Crippen LogP contribution in [0.25, 0.3) is 0 Å². The van der Waals surface area contributed by atoms with E-state index in [2.05, 4.69) is 23.7 Å². The first-order valence-corrected chi connectivity index (χ1v) is 15.2. The summed E-state index contributed by atoms with van der Waals surface area (Å²) in [7, 11) is 1.64. The minimum absolute atomic E-state index is 0. The smallest absolute Gasteiger partial charge is 0.224 e. The van der Waals surface area contributed by atoms with Crippen LogP contribution in [0.5, 0.6) is 11.5 Å². The number of methoxy groups -OCH3 is 1. The van der Waals surface area contributed by atoms with Crippen molar-refractivity contribution < 1.29 is 42.8 Å². The lowest BCUT2D eigenvalue weighted by Crippen LogP contribution is -3.00. The summed E-state index contributed by atoms with van der Waals surface area (Å²) in [6, 6.07) is 9.84. The number of rotatable bonds is 22. The third kappa shape index (κ3) is 16.1. The molecule has 1 heterocycles. The van der Waals surface area contributed by atoms with Crippen molar-refractivity contribution >= 4 is 5.91 Å². The van der Waals surface area contributed by atoms with Crippen molar-refractivity contribution in [1.82, 2.24) is 5.32 Å². The van der Waals surface area contributed by atoms with E-state index in [9.17, 15) is 4.79 Å². The number of nitrogens with one attached hydrogen (secondary N) is 1. The Labute approximate surface area is 255 Å². The molecule has 0 bridgehead atoms. The number of halogens is 1. The maximum Gasteiger partial charge on any atom is 0.224 e. The second kappa shape index (κ2) is 22.9. The van der Waals surface area contributed by atoms with Crippen LogP contribution in [0.15, 0.2) is 42.7 Å². The summed E-state index contributed by atoms with van der Waals surface area (Å²) in [6.07, 6.45) is 23.3. The maximum absolute atomic E-state index is 12.5. The molecule has 0 aliphatic carbocycles. The number of benzene rings is 1. The third-order valence-corrected chi connectivity index (χ3v) is 7.19. The van der Waals surface area contributed by atoms with Gasteiger partial charge in [-0.15, -0.1) is 0 Å². The van der Waals surface area contributed by atoms with Crippen LogP contribution in [0.4, 0.5) is 0 Å². The van der Waals surface area contributed by atoms with E-state index in [1.807, 2.05) is 42.7 Å². The first-order chi connectivity index (χ1) is 18.7. The van der Waals surface area contributed by atoms with Crippen molar-refractivity contribution in [3.05, 3.63) is 53.9 Å². The van der Waals surface area contributed by atoms with E-state index in [4.69, 9.17) is 9.47 Å². The Bertz CT molecular complexity index is 889. The number of carbonyl (C=O) groups excluding carboxylic acids is 1. The van der Waals surface area contributed by atoms with E-state index in [0.717, 1.165) is 36.4 Å². The van der Waals surface area contributed by atoms with E-state index in [-0.39, 0.29) is 36.3 Å². The lowest BCUT2D eigenvalue weighted by Gasteiger charge is -2.12. The average molecular weight is 653 g/mol. The number of aryl methyl sites for hydroxylation is 1. The monoisotopic (exact) mass is 652 g/mol. The maximum atomic E-state index is 12.5. The summed E-state index contributed by atoms with van der Waals surface area (Å²) in [5.41, 5.74) is 1.95. The van der Waals surface area contributed by atoms with E-state index in [1.54, 1.807) is 7.11 Å². The van der Waals surface area contributed by atoms with E-state index in [1.165, 1.54) is 83.5 Å². The Morgan fingerprint density at radius 2 is 1.36 bits per heavy atom. The summed E-state index contributed by atoms with van der Waals surface area (Å²) < 4.78 is 13.6. The quantitative estimate of drug-likeness (QED) is 0.114. The highest BCUT2D eigenvalue weighted by Crippen LogP contribution is 2.25. The largest absolute Gasteiger partial charge is 1.00 e. The zero-order chi connectivity index (χ0) is 27.3. The van der Waals surface area contributed by atoms with Gasteiger partial charge in [0, 0.05) is 30.3 Å². The van der Waals surface area contributed by atoms with Gasteiger partial charge in [-0.2, -0.15) is 0 Å². The van der Waals surface area contributed by atoms with Crippen LogP contribution in [0.3, 0.4) is 0 Å². The summed E-state index contributed by atoms with van der Waals surface area (Å²) in [4.78, 5) is 12.5. The second-order valence-electron chi connectivity index (χ2n) is 10.4. The Morgan fingerprint density at radius 1 is 0.795 bits per heavy atom. The van der Waals surface area contributed by atoms with Gasteiger partial charge in [0.25, 0.3) is 0 Å². The number of unbranched alkanes of at least 4 members (excludes halogenated alkanes) is 13. The molecule has 5 nitrogen and oxygen atoms in total. The normalized spacial score (nSPS) is 10.6. The SMILES string of the molecule is CCCCCCCCCCCCCCCCOc1ccc(CC(=O)NCc2cc[n+](CC)cc2)c(OC)c1.[I-]. The third-order valence-electron chi connectivity index (χ3n) is 7.19. The van der Waals surface area contributed by atoms with Crippen LogP contribution in [-0.4, -0.2) is 19.6 Å². The van der Waals surface area contributed by atoms with Crippen molar-refractivity contribution in [2.45, 2.75) is 123 Å². The molecule has 6 heteroatoms. The van der Waals surface area contributed by atoms with Gasteiger partial charge in [-0.05, 0) is 25.0 Å². The molecule has 0 saturated carbocycles. The number of ether oxygens (including phenoxy) is 2. The molecular formula is C33H53IN2O3. The molecule has 0 atom stereocenters. The topological polar surface area (TPSA) is 51.4 Å². The van der Waals surface area contributed by atoms with Gasteiger partial charge in [-0.1, -0.05) is 96.5 Å². The highest BCUT2D eigenvalue weighted by Gasteiger charge is 2.11. The molecule has 0 saturated heterocycles. The summed E-state index contributed by atoms with van der Waals surface area (Å²) in [6.45, 7) is 6.56. The van der Waals surface area contributed by atoms with Gasteiger partial charge >= 0.3 is 0 Å². The van der Waals surface area contributed by atoms with Gasteiger partial charge in [0.05, 0.1) is 20.1 Å². The van der Waals surface area contributed by atoms with Crippen LogP contribution in [0, 0.1) is 0 Å². The van der Waals surface area contributed by atoms with Gasteiger partial charge in [0.1, 0.15) is 18.0 Å². The minimum atomic E-state index is -0.0217. The zero-order valence-corrected chi connectivity index (χ0v) is 27.0. The first kappa shape index (κ1) is 35.2.